The van der Waals surface area contributed by atoms with Crippen molar-refractivity contribution in [1.82, 2.24) is 4.90 Å². The molecule has 7 nitrogen and oxygen atoms in total. The molecule has 1 aliphatic rings. The molecule has 0 aromatic rings. The number of hydrogen-bond donors (Lipinski definition) is 3. The first kappa shape index (κ1) is 14.7. The van der Waals surface area contributed by atoms with Crippen LogP contribution in [0.1, 0.15) is 27.2 Å². The third kappa shape index (κ3) is 3.11. The molecule has 0 bridgehead atoms. The molecule has 1 saturated heterocycles. The molecule has 0 spiro atoms. The van der Waals surface area contributed by atoms with Crippen molar-refractivity contribution < 1.29 is 29.6 Å². The lowest BCUT2D eigenvalue weighted by Crippen LogP contribution is -2.49. The van der Waals surface area contributed by atoms with Gasteiger partial charge >= 0.3 is 12.1 Å². The van der Waals surface area contributed by atoms with E-state index in [0.29, 0.717) is 0 Å². The van der Waals surface area contributed by atoms with Crippen molar-refractivity contribution in [3.8, 4) is 0 Å². The highest BCUT2D eigenvalue weighted by Gasteiger charge is 2.47. The van der Waals surface area contributed by atoms with Crippen LogP contribution in [0.2, 0.25) is 0 Å². The molecule has 1 aliphatic heterocycles. The Balaban J connectivity index is 2.92. The van der Waals surface area contributed by atoms with E-state index in [9.17, 15) is 14.7 Å². The van der Waals surface area contributed by atoms with E-state index in [1.807, 2.05) is 0 Å². The lowest BCUT2D eigenvalue weighted by atomic mass is 10.1. The van der Waals surface area contributed by atoms with Crippen LogP contribution in [-0.2, 0) is 9.53 Å². The molecule has 1 amide bonds. The van der Waals surface area contributed by atoms with E-state index < -0.39 is 42.5 Å². The van der Waals surface area contributed by atoms with E-state index in [4.69, 9.17) is 14.9 Å². The number of carboxylic acid groups (broad SMARTS) is 1. The Morgan fingerprint density at radius 2 is 1.94 bits per heavy atom. The highest BCUT2D eigenvalue weighted by Crippen LogP contribution is 2.27. The second-order valence-electron chi connectivity index (χ2n) is 5.29. The fourth-order valence-electron chi connectivity index (χ4n) is 1.92. The molecule has 7 heteroatoms. The number of aliphatic hydroxyl groups excluding tert-OH is 2. The van der Waals surface area contributed by atoms with E-state index in [0.717, 1.165) is 4.90 Å². The predicted molar refractivity (Wildman–Crippen MR) is 61.0 cm³/mol. The summed E-state index contributed by atoms with van der Waals surface area (Å²) in [5.74, 6) is -1.23. The highest BCUT2D eigenvalue weighted by molar-refractivity contribution is 5.81. The summed E-state index contributed by atoms with van der Waals surface area (Å²) in [6, 6.07) is -2.12. The summed E-state index contributed by atoms with van der Waals surface area (Å²) in [5, 5.41) is 27.8. The highest BCUT2D eigenvalue weighted by atomic mass is 16.6. The molecule has 0 aromatic carbocycles. The summed E-state index contributed by atoms with van der Waals surface area (Å²) in [5.41, 5.74) is -0.770. The van der Waals surface area contributed by atoms with Gasteiger partial charge in [-0.3, -0.25) is 4.90 Å². The van der Waals surface area contributed by atoms with Crippen molar-refractivity contribution in [2.24, 2.45) is 0 Å². The number of likely N-dealkylation sites (tertiary alicyclic amines) is 1. The minimum Gasteiger partial charge on any atom is -0.480 e. The first-order valence-corrected chi connectivity index (χ1v) is 5.70. The van der Waals surface area contributed by atoms with Crippen molar-refractivity contribution in [3.63, 3.8) is 0 Å². The van der Waals surface area contributed by atoms with E-state index in [2.05, 4.69) is 0 Å². The Hall–Kier alpha value is -1.34. The molecule has 0 aliphatic carbocycles. The minimum atomic E-state index is -1.23. The summed E-state index contributed by atoms with van der Waals surface area (Å²) in [6.07, 6.45) is -2.02. The van der Waals surface area contributed by atoms with Gasteiger partial charge in [0.2, 0.25) is 0 Å². The first-order valence-electron chi connectivity index (χ1n) is 5.70. The maximum Gasteiger partial charge on any atom is 0.411 e. The smallest absolute Gasteiger partial charge is 0.411 e. The van der Waals surface area contributed by atoms with Crippen molar-refractivity contribution in [2.45, 2.75) is 51.0 Å². The molecule has 0 unspecified atom stereocenters. The van der Waals surface area contributed by atoms with Crippen LogP contribution >= 0.6 is 0 Å². The van der Waals surface area contributed by atoms with E-state index in [1.165, 1.54) is 0 Å². The molecule has 1 fully saturated rings. The molecule has 1 heterocycles. The molecule has 0 aromatic heterocycles. The molecule has 0 saturated carbocycles. The fourth-order valence-corrected chi connectivity index (χ4v) is 1.92. The Labute approximate surface area is 105 Å². The number of amides is 1. The monoisotopic (exact) mass is 261 g/mol. The van der Waals surface area contributed by atoms with Gasteiger partial charge in [-0.1, -0.05) is 0 Å². The van der Waals surface area contributed by atoms with E-state index in [1.54, 1.807) is 20.8 Å². The zero-order valence-corrected chi connectivity index (χ0v) is 10.7. The topological polar surface area (TPSA) is 107 Å². The standard InChI is InChI=1S/C11H19NO6/c1-11(2,3)18-10(17)12-6(9(15)16)4-8(14)7(12)5-13/h6-8,13-14H,4-5H2,1-3H3,(H,15,16)/t6-,7+,8-/m0/s1. The lowest BCUT2D eigenvalue weighted by Gasteiger charge is -2.30. The molecule has 1 rings (SSSR count). The van der Waals surface area contributed by atoms with Crippen LogP contribution in [0, 0.1) is 0 Å². The van der Waals surface area contributed by atoms with Crippen LogP contribution in [-0.4, -0.2) is 62.7 Å². The number of carbonyl (C=O) groups is 2. The van der Waals surface area contributed by atoms with Crippen molar-refractivity contribution >= 4 is 12.1 Å². The third-order valence-corrected chi connectivity index (χ3v) is 2.68. The number of nitrogens with zero attached hydrogens (tertiary/aromatic N) is 1. The van der Waals surface area contributed by atoms with Crippen molar-refractivity contribution in [3.05, 3.63) is 0 Å². The summed E-state index contributed by atoms with van der Waals surface area (Å²) in [7, 11) is 0. The van der Waals surface area contributed by atoms with Crippen LogP contribution in [0.15, 0.2) is 0 Å². The normalized spacial score (nSPS) is 28.3. The Morgan fingerprint density at radius 1 is 1.39 bits per heavy atom. The van der Waals surface area contributed by atoms with Gasteiger partial charge in [-0.25, -0.2) is 9.59 Å². The van der Waals surface area contributed by atoms with Gasteiger partial charge in [0.1, 0.15) is 11.6 Å². The molecule has 104 valence electrons. The zero-order chi connectivity index (χ0) is 14.1. The second-order valence-corrected chi connectivity index (χ2v) is 5.29. The molecule has 3 N–H and O–H groups in total. The maximum atomic E-state index is 11.9. The van der Waals surface area contributed by atoms with Gasteiger partial charge in [0.15, 0.2) is 0 Å². The summed E-state index contributed by atoms with van der Waals surface area (Å²) >= 11 is 0. The SMILES string of the molecule is CC(C)(C)OC(=O)N1[C@H](CO)[C@@H](O)C[C@H]1C(=O)O. The number of ether oxygens (including phenoxy) is 1. The van der Waals surface area contributed by atoms with Crippen LogP contribution < -0.4 is 0 Å². The van der Waals surface area contributed by atoms with Crippen LogP contribution in [0.5, 0.6) is 0 Å². The van der Waals surface area contributed by atoms with Gasteiger partial charge in [-0.2, -0.15) is 0 Å². The summed E-state index contributed by atoms with van der Waals surface area (Å²) in [4.78, 5) is 23.9. The van der Waals surface area contributed by atoms with Crippen molar-refractivity contribution in [2.75, 3.05) is 6.61 Å². The van der Waals surface area contributed by atoms with Gasteiger partial charge in [0.25, 0.3) is 0 Å². The largest absolute Gasteiger partial charge is 0.480 e. The van der Waals surface area contributed by atoms with E-state index in [-0.39, 0.29) is 6.42 Å². The third-order valence-electron chi connectivity index (χ3n) is 2.68. The van der Waals surface area contributed by atoms with Gasteiger partial charge in [0.05, 0.1) is 18.8 Å². The van der Waals surface area contributed by atoms with Gasteiger partial charge in [-0.15, -0.1) is 0 Å². The van der Waals surface area contributed by atoms with Gasteiger partial charge in [0, 0.05) is 6.42 Å². The predicted octanol–water partition coefficient (Wildman–Crippen LogP) is -0.198. The number of rotatable bonds is 2. The zero-order valence-electron chi connectivity index (χ0n) is 10.7. The van der Waals surface area contributed by atoms with Gasteiger partial charge < -0.3 is 20.1 Å². The Kier molecular flexibility index (Phi) is 4.18. The second kappa shape index (κ2) is 5.11. The van der Waals surface area contributed by atoms with Crippen molar-refractivity contribution in [1.29, 1.82) is 0 Å². The molecule has 0 radical (unpaired) electrons. The summed E-state index contributed by atoms with van der Waals surface area (Å²) < 4.78 is 5.08. The van der Waals surface area contributed by atoms with E-state index >= 15 is 0 Å². The average molecular weight is 261 g/mol. The lowest BCUT2D eigenvalue weighted by molar-refractivity contribution is -0.142. The van der Waals surface area contributed by atoms with Crippen LogP contribution in [0.4, 0.5) is 4.79 Å². The molecule has 18 heavy (non-hydrogen) atoms. The first-order chi connectivity index (χ1) is 8.17. The molecular weight excluding hydrogens is 242 g/mol. The average Bonchev–Trinajstić information content (AvgIpc) is 2.52. The number of aliphatic hydroxyl groups is 2. The number of aliphatic carboxylic acids is 1. The summed E-state index contributed by atoms with van der Waals surface area (Å²) in [6.45, 7) is 4.45. The Bertz CT molecular complexity index is 337. The number of carboxylic acids is 1. The molecule has 3 atom stereocenters. The Morgan fingerprint density at radius 3 is 2.33 bits per heavy atom. The fraction of sp³-hybridized carbons (Fsp3) is 0.818. The number of carbonyl (C=O) groups excluding carboxylic acids is 1. The minimum absolute atomic E-state index is 0.111. The van der Waals surface area contributed by atoms with Crippen LogP contribution in [0.25, 0.3) is 0 Å². The van der Waals surface area contributed by atoms with Gasteiger partial charge in [-0.05, 0) is 20.8 Å². The maximum absolute atomic E-state index is 11.9. The quantitative estimate of drug-likeness (QED) is 0.635. The molecular formula is C11H19NO6. The van der Waals surface area contributed by atoms with Crippen LogP contribution in [0.3, 0.4) is 0 Å². The number of hydrogen-bond acceptors (Lipinski definition) is 5.